The summed E-state index contributed by atoms with van der Waals surface area (Å²) in [6.45, 7) is 10.7. The molecule has 0 aromatic carbocycles. The zero-order chi connectivity index (χ0) is 14.9. The highest BCUT2D eigenvalue weighted by Gasteiger charge is 2.49. The van der Waals surface area contributed by atoms with Gasteiger partial charge in [0.25, 0.3) is 0 Å². The van der Waals surface area contributed by atoms with Gasteiger partial charge >= 0.3 is 0 Å². The summed E-state index contributed by atoms with van der Waals surface area (Å²) in [4.78, 5) is 26.6. The van der Waals surface area contributed by atoms with E-state index in [0.29, 0.717) is 18.4 Å². The van der Waals surface area contributed by atoms with Gasteiger partial charge in [-0.15, -0.1) is 0 Å². The Balaban J connectivity index is 2.16. The predicted molar refractivity (Wildman–Crippen MR) is 79.1 cm³/mol. The molecule has 0 bridgehead atoms. The van der Waals surface area contributed by atoms with Crippen molar-refractivity contribution in [1.82, 2.24) is 10.2 Å². The topological polar surface area (TPSA) is 49.4 Å². The predicted octanol–water partition coefficient (Wildman–Crippen LogP) is 2.19. The Labute approximate surface area is 122 Å². The van der Waals surface area contributed by atoms with Gasteiger partial charge in [0, 0.05) is 18.4 Å². The van der Waals surface area contributed by atoms with E-state index in [-0.39, 0.29) is 23.1 Å². The fourth-order valence-electron chi connectivity index (χ4n) is 3.83. The second-order valence-electron chi connectivity index (χ2n) is 7.26. The lowest BCUT2D eigenvalue weighted by atomic mass is 9.62. The third kappa shape index (κ3) is 3.05. The van der Waals surface area contributed by atoms with Crippen molar-refractivity contribution in [2.24, 2.45) is 17.3 Å². The van der Waals surface area contributed by atoms with E-state index >= 15 is 0 Å². The van der Waals surface area contributed by atoms with Crippen molar-refractivity contribution in [3.8, 4) is 0 Å². The first-order chi connectivity index (χ1) is 9.34. The van der Waals surface area contributed by atoms with Crippen molar-refractivity contribution in [2.45, 2.75) is 59.4 Å². The van der Waals surface area contributed by atoms with Gasteiger partial charge < -0.3 is 4.90 Å². The highest BCUT2D eigenvalue weighted by Crippen LogP contribution is 2.46. The number of imide groups is 1. The maximum absolute atomic E-state index is 12.3. The molecule has 114 valence electrons. The van der Waals surface area contributed by atoms with Gasteiger partial charge in [0.15, 0.2) is 0 Å². The van der Waals surface area contributed by atoms with Crippen LogP contribution in [0.4, 0.5) is 0 Å². The maximum Gasteiger partial charge on any atom is 0.230 e. The summed E-state index contributed by atoms with van der Waals surface area (Å²) in [5.41, 5.74) is -0.0882. The average Bonchev–Trinajstić information content (AvgIpc) is 2.34. The largest absolute Gasteiger partial charge is 0.301 e. The molecule has 2 saturated heterocycles. The molecular weight excluding hydrogens is 252 g/mol. The number of rotatable bonds is 3. The van der Waals surface area contributed by atoms with E-state index in [1.807, 2.05) is 0 Å². The maximum atomic E-state index is 12.3. The van der Waals surface area contributed by atoms with Gasteiger partial charge in [-0.3, -0.25) is 14.9 Å². The lowest BCUT2D eigenvalue weighted by molar-refractivity contribution is -0.147. The van der Waals surface area contributed by atoms with Crippen molar-refractivity contribution in [1.29, 1.82) is 0 Å². The standard InChI is InChI=1S/C16H28N2O2/c1-11(2)9-13-15(20)17-14(19)10-16(13)5-7-18(8-6-16)12(3)4/h11-13H,5-10H2,1-4H3,(H,17,19,20). The van der Waals surface area contributed by atoms with Gasteiger partial charge in [-0.2, -0.15) is 0 Å². The number of piperidine rings is 2. The van der Waals surface area contributed by atoms with Crippen LogP contribution in [-0.4, -0.2) is 35.8 Å². The zero-order valence-electron chi connectivity index (χ0n) is 13.2. The summed E-state index contributed by atoms with van der Waals surface area (Å²) in [6.07, 6.45) is 3.37. The molecule has 2 fully saturated rings. The molecule has 0 aromatic rings. The van der Waals surface area contributed by atoms with E-state index in [1.165, 1.54) is 0 Å². The molecule has 1 atom stereocenters. The Bertz CT molecular complexity index is 382. The van der Waals surface area contributed by atoms with Crippen LogP contribution in [0.15, 0.2) is 0 Å². The van der Waals surface area contributed by atoms with Crippen LogP contribution in [0.2, 0.25) is 0 Å². The number of carbonyl (C=O) groups excluding carboxylic acids is 2. The quantitative estimate of drug-likeness (QED) is 0.806. The van der Waals surface area contributed by atoms with Crippen LogP contribution >= 0.6 is 0 Å². The summed E-state index contributed by atoms with van der Waals surface area (Å²) >= 11 is 0. The third-order valence-electron chi connectivity index (χ3n) is 5.06. The molecule has 1 unspecified atom stereocenters. The fraction of sp³-hybridized carbons (Fsp3) is 0.875. The van der Waals surface area contributed by atoms with Gasteiger partial charge in [0.05, 0.1) is 0 Å². The number of nitrogens with one attached hydrogen (secondary N) is 1. The molecule has 4 nitrogen and oxygen atoms in total. The van der Waals surface area contributed by atoms with E-state index < -0.39 is 0 Å². The number of likely N-dealkylation sites (tertiary alicyclic amines) is 1. The Hall–Kier alpha value is -0.900. The van der Waals surface area contributed by atoms with Crippen molar-refractivity contribution in [2.75, 3.05) is 13.1 Å². The molecule has 2 amide bonds. The van der Waals surface area contributed by atoms with Crippen LogP contribution in [0.25, 0.3) is 0 Å². The molecule has 1 spiro atoms. The fourth-order valence-corrected chi connectivity index (χ4v) is 3.83. The van der Waals surface area contributed by atoms with E-state index in [0.717, 1.165) is 32.4 Å². The Kier molecular flexibility index (Phi) is 4.52. The molecule has 2 rings (SSSR count). The van der Waals surface area contributed by atoms with E-state index in [4.69, 9.17) is 0 Å². The van der Waals surface area contributed by atoms with E-state index in [1.54, 1.807) is 0 Å². The van der Waals surface area contributed by atoms with Crippen molar-refractivity contribution in [3.05, 3.63) is 0 Å². The first-order valence-corrected chi connectivity index (χ1v) is 7.92. The van der Waals surface area contributed by atoms with Crippen molar-refractivity contribution in [3.63, 3.8) is 0 Å². The second kappa shape index (κ2) is 5.84. The van der Waals surface area contributed by atoms with Crippen LogP contribution in [0.3, 0.4) is 0 Å². The number of nitrogens with zero attached hydrogens (tertiary/aromatic N) is 1. The van der Waals surface area contributed by atoms with Gasteiger partial charge in [0.2, 0.25) is 11.8 Å². The lowest BCUT2D eigenvalue weighted by Gasteiger charge is -2.49. The first-order valence-electron chi connectivity index (χ1n) is 7.92. The summed E-state index contributed by atoms with van der Waals surface area (Å²) in [5, 5.41) is 2.55. The highest BCUT2D eigenvalue weighted by molar-refractivity contribution is 5.99. The van der Waals surface area contributed by atoms with Crippen LogP contribution in [0.5, 0.6) is 0 Å². The minimum atomic E-state index is -0.0882. The van der Waals surface area contributed by atoms with Gasteiger partial charge in [-0.1, -0.05) is 13.8 Å². The first kappa shape index (κ1) is 15.5. The van der Waals surface area contributed by atoms with Crippen molar-refractivity contribution < 1.29 is 9.59 Å². The Morgan fingerprint density at radius 1 is 1.20 bits per heavy atom. The molecule has 20 heavy (non-hydrogen) atoms. The summed E-state index contributed by atoms with van der Waals surface area (Å²) in [7, 11) is 0. The minimum Gasteiger partial charge on any atom is -0.301 e. The molecular formula is C16H28N2O2. The number of hydrogen-bond acceptors (Lipinski definition) is 3. The summed E-state index contributed by atoms with van der Waals surface area (Å²) in [5.74, 6) is 0.384. The van der Waals surface area contributed by atoms with Crippen LogP contribution in [0.1, 0.15) is 53.4 Å². The molecule has 0 aromatic heterocycles. The minimum absolute atomic E-state index is 0.00881. The van der Waals surface area contributed by atoms with Crippen molar-refractivity contribution >= 4 is 11.8 Å². The molecule has 2 aliphatic heterocycles. The molecule has 0 aliphatic carbocycles. The van der Waals surface area contributed by atoms with Gasteiger partial charge in [-0.25, -0.2) is 0 Å². The third-order valence-corrected chi connectivity index (χ3v) is 5.06. The molecule has 2 aliphatic rings. The Morgan fingerprint density at radius 3 is 2.30 bits per heavy atom. The molecule has 0 saturated carbocycles. The van der Waals surface area contributed by atoms with Gasteiger partial charge in [-0.05, 0) is 57.5 Å². The highest BCUT2D eigenvalue weighted by atomic mass is 16.2. The summed E-state index contributed by atoms with van der Waals surface area (Å²) < 4.78 is 0. The lowest BCUT2D eigenvalue weighted by Crippen LogP contribution is -2.56. The zero-order valence-corrected chi connectivity index (χ0v) is 13.2. The van der Waals surface area contributed by atoms with E-state index in [2.05, 4.69) is 37.9 Å². The van der Waals surface area contributed by atoms with Crippen LogP contribution in [0, 0.1) is 17.3 Å². The summed E-state index contributed by atoms with van der Waals surface area (Å²) in [6, 6.07) is 0.545. The molecule has 4 heteroatoms. The molecule has 0 radical (unpaired) electrons. The van der Waals surface area contributed by atoms with Crippen LogP contribution < -0.4 is 5.32 Å². The van der Waals surface area contributed by atoms with Crippen LogP contribution in [-0.2, 0) is 9.59 Å². The Morgan fingerprint density at radius 2 is 1.80 bits per heavy atom. The SMILES string of the molecule is CC(C)CC1C(=O)NC(=O)CC12CCN(C(C)C)CC2. The number of amides is 2. The van der Waals surface area contributed by atoms with E-state index in [9.17, 15) is 9.59 Å². The number of carbonyl (C=O) groups is 2. The molecule has 1 N–H and O–H groups in total. The number of hydrogen-bond donors (Lipinski definition) is 1. The normalized spacial score (nSPS) is 27.4. The average molecular weight is 280 g/mol. The molecule has 2 heterocycles. The van der Waals surface area contributed by atoms with Gasteiger partial charge in [0.1, 0.15) is 0 Å². The smallest absolute Gasteiger partial charge is 0.230 e. The monoisotopic (exact) mass is 280 g/mol. The second-order valence-corrected chi connectivity index (χ2v) is 7.26.